The van der Waals surface area contributed by atoms with E-state index in [1.54, 1.807) is 8.61 Å². The summed E-state index contributed by atoms with van der Waals surface area (Å²) in [5, 5.41) is 3.41. The molecule has 2 aliphatic rings. The van der Waals surface area contributed by atoms with E-state index >= 15 is 0 Å². The van der Waals surface area contributed by atoms with Crippen LogP contribution in [0.5, 0.6) is 0 Å². The summed E-state index contributed by atoms with van der Waals surface area (Å²) in [4.78, 5) is 0. The first kappa shape index (κ1) is 17.2. The molecule has 0 aliphatic carbocycles. The van der Waals surface area contributed by atoms with E-state index in [1.165, 1.54) is 0 Å². The molecule has 2 saturated heterocycles. The molecule has 0 spiro atoms. The van der Waals surface area contributed by atoms with Gasteiger partial charge in [0.1, 0.15) is 0 Å². The van der Waals surface area contributed by atoms with Crippen molar-refractivity contribution in [3.8, 4) is 0 Å². The lowest BCUT2D eigenvalue weighted by molar-refractivity contribution is 0.195. The average molecular weight is 317 g/mol. The Labute approximate surface area is 130 Å². The third kappa shape index (κ3) is 4.18. The molecule has 0 aromatic carbocycles. The van der Waals surface area contributed by atoms with E-state index in [-0.39, 0.29) is 12.1 Å². The maximum Gasteiger partial charge on any atom is 0.282 e. The van der Waals surface area contributed by atoms with Crippen LogP contribution in [0.15, 0.2) is 0 Å². The Morgan fingerprint density at radius 3 is 2.29 bits per heavy atom. The molecule has 2 aliphatic heterocycles. The lowest BCUT2D eigenvalue weighted by Gasteiger charge is -2.40. The van der Waals surface area contributed by atoms with E-state index in [0.29, 0.717) is 19.6 Å². The standard InChI is InChI=1S/C15H31N3O2S/c1-3-16-14(2)15-10-6-9-13-18(15)21(19,20)17-11-7-4-5-8-12-17/h14-16H,3-13H2,1-2H3. The molecule has 124 valence electrons. The molecule has 5 nitrogen and oxygen atoms in total. The quantitative estimate of drug-likeness (QED) is 0.843. The zero-order valence-corrected chi connectivity index (χ0v) is 14.4. The van der Waals surface area contributed by atoms with Crippen LogP contribution in [0.1, 0.15) is 58.8 Å². The molecule has 0 bridgehead atoms. The van der Waals surface area contributed by atoms with Crippen LogP contribution in [-0.2, 0) is 10.2 Å². The Balaban J connectivity index is 2.14. The van der Waals surface area contributed by atoms with Crippen molar-refractivity contribution in [2.24, 2.45) is 0 Å². The highest BCUT2D eigenvalue weighted by Crippen LogP contribution is 2.26. The predicted octanol–water partition coefficient (Wildman–Crippen LogP) is 1.96. The van der Waals surface area contributed by atoms with Gasteiger partial charge in [0.05, 0.1) is 0 Å². The summed E-state index contributed by atoms with van der Waals surface area (Å²) >= 11 is 0. The molecule has 2 rings (SSSR count). The van der Waals surface area contributed by atoms with Gasteiger partial charge in [0.2, 0.25) is 0 Å². The normalized spacial score (nSPS) is 28.2. The molecule has 0 aromatic heterocycles. The number of hydrogen-bond acceptors (Lipinski definition) is 3. The molecule has 0 amide bonds. The highest BCUT2D eigenvalue weighted by atomic mass is 32.2. The second kappa shape index (κ2) is 7.90. The zero-order valence-electron chi connectivity index (χ0n) is 13.6. The Bertz CT molecular complexity index is 405. The fraction of sp³-hybridized carbons (Fsp3) is 1.00. The monoisotopic (exact) mass is 317 g/mol. The Hall–Kier alpha value is -0.170. The Morgan fingerprint density at radius 1 is 1.05 bits per heavy atom. The molecule has 2 unspecified atom stereocenters. The van der Waals surface area contributed by atoms with Gasteiger partial charge >= 0.3 is 0 Å². The van der Waals surface area contributed by atoms with E-state index < -0.39 is 10.2 Å². The molecule has 1 N–H and O–H groups in total. The molecule has 2 heterocycles. The Kier molecular flexibility index (Phi) is 6.47. The molecular weight excluding hydrogens is 286 g/mol. The molecule has 2 fully saturated rings. The van der Waals surface area contributed by atoms with Gasteiger partial charge in [0, 0.05) is 31.7 Å². The van der Waals surface area contributed by atoms with Gasteiger partial charge in [-0.15, -0.1) is 0 Å². The Morgan fingerprint density at radius 2 is 1.67 bits per heavy atom. The molecular formula is C15H31N3O2S. The van der Waals surface area contributed by atoms with Crippen LogP contribution >= 0.6 is 0 Å². The van der Waals surface area contributed by atoms with Gasteiger partial charge in [0.15, 0.2) is 0 Å². The smallest absolute Gasteiger partial charge is 0.282 e. The average Bonchev–Trinajstić information content (AvgIpc) is 2.77. The van der Waals surface area contributed by atoms with Crippen molar-refractivity contribution in [3.05, 3.63) is 0 Å². The van der Waals surface area contributed by atoms with Gasteiger partial charge < -0.3 is 5.32 Å². The summed E-state index contributed by atoms with van der Waals surface area (Å²) in [5.41, 5.74) is 0. The van der Waals surface area contributed by atoms with Crippen molar-refractivity contribution in [3.63, 3.8) is 0 Å². The highest BCUT2D eigenvalue weighted by molar-refractivity contribution is 7.86. The molecule has 6 heteroatoms. The minimum Gasteiger partial charge on any atom is -0.313 e. The van der Waals surface area contributed by atoms with Crippen molar-refractivity contribution >= 4 is 10.2 Å². The van der Waals surface area contributed by atoms with E-state index in [2.05, 4.69) is 19.2 Å². The van der Waals surface area contributed by atoms with Crippen LogP contribution in [0.25, 0.3) is 0 Å². The number of hydrogen-bond donors (Lipinski definition) is 1. The topological polar surface area (TPSA) is 52.7 Å². The molecule has 21 heavy (non-hydrogen) atoms. The first-order valence-corrected chi connectivity index (χ1v) is 9.97. The fourth-order valence-corrected chi connectivity index (χ4v) is 5.60. The van der Waals surface area contributed by atoms with Crippen molar-refractivity contribution in [1.82, 2.24) is 13.9 Å². The highest BCUT2D eigenvalue weighted by Gasteiger charge is 2.38. The predicted molar refractivity (Wildman–Crippen MR) is 86.4 cm³/mol. The number of rotatable bonds is 5. The summed E-state index contributed by atoms with van der Waals surface area (Å²) in [7, 11) is -3.29. The van der Waals surface area contributed by atoms with Crippen molar-refractivity contribution in [2.45, 2.75) is 70.9 Å². The largest absolute Gasteiger partial charge is 0.313 e. The van der Waals surface area contributed by atoms with E-state index in [0.717, 1.165) is 51.5 Å². The number of likely N-dealkylation sites (N-methyl/N-ethyl adjacent to an activating group) is 1. The van der Waals surface area contributed by atoms with Crippen LogP contribution in [0, 0.1) is 0 Å². The summed E-state index contributed by atoms with van der Waals surface area (Å²) < 4.78 is 29.6. The summed E-state index contributed by atoms with van der Waals surface area (Å²) in [6, 6.07) is 0.323. The van der Waals surface area contributed by atoms with Crippen molar-refractivity contribution < 1.29 is 8.42 Å². The van der Waals surface area contributed by atoms with Gasteiger partial charge in [-0.1, -0.05) is 26.2 Å². The number of nitrogens with one attached hydrogen (secondary N) is 1. The second-order valence-corrected chi connectivity index (χ2v) is 8.22. The number of nitrogens with zero attached hydrogens (tertiary/aromatic N) is 2. The van der Waals surface area contributed by atoms with Gasteiger partial charge in [-0.05, 0) is 39.2 Å². The van der Waals surface area contributed by atoms with Crippen LogP contribution in [0.4, 0.5) is 0 Å². The summed E-state index contributed by atoms with van der Waals surface area (Å²) in [6.07, 6.45) is 7.41. The third-order valence-corrected chi connectivity index (χ3v) is 6.85. The van der Waals surface area contributed by atoms with Crippen molar-refractivity contribution in [1.29, 1.82) is 0 Å². The van der Waals surface area contributed by atoms with Gasteiger partial charge in [-0.2, -0.15) is 17.0 Å². The molecule has 0 saturated carbocycles. The summed E-state index contributed by atoms with van der Waals surface area (Å²) in [6.45, 7) is 7.15. The van der Waals surface area contributed by atoms with E-state index in [9.17, 15) is 8.42 Å². The van der Waals surface area contributed by atoms with Crippen LogP contribution < -0.4 is 5.32 Å². The van der Waals surface area contributed by atoms with Crippen LogP contribution in [-0.4, -0.2) is 55.3 Å². The van der Waals surface area contributed by atoms with Gasteiger partial charge in [-0.25, -0.2) is 0 Å². The van der Waals surface area contributed by atoms with Crippen LogP contribution in [0.3, 0.4) is 0 Å². The second-order valence-electron chi connectivity index (χ2n) is 6.34. The van der Waals surface area contributed by atoms with Crippen molar-refractivity contribution in [2.75, 3.05) is 26.2 Å². The minimum absolute atomic E-state index is 0.104. The first-order valence-electron chi connectivity index (χ1n) is 8.57. The fourth-order valence-electron chi connectivity index (χ4n) is 3.60. The van der Waals surface area contributed by atoms with Gasteiger partial charge in [-0.3, -0.25) is 0 Å². The zero-order chi connectivity index (χ0) is 15.3. The van der Waals surface area contributed by atoms with Crippen LogP contribution in [0.2, 0.25) is 0 Å². The SMILES string of the molecule is CCNC(C)C1CCCCN1S(=O)(=O)N1CCCCCC1. The van der Waals surface area contributed by atoms with E-state index in [4.69, 9.17) is 0 Å². The molecule has 2 atom stereocenters. The van der Waals surface area contributed by atoms with Gasteiger partial charge in [0.25, 0.3) is 10.2 Å². The molecule has 0 aromatic rings. The third-order valence-electron chi connectivity index (χ3n) is 4.79. The maximum absolute atomic E-state index is 13.0. The molecule has 0 radical (unpaired) electrons. The lowest BCUT2D eigenvalue weighted by atomic mass is 9.99. The van der Waals surface area contributed by atoms with E-state index in [1.807, 2.05) is 0 Å². The summed E-state index contributed by atoms with van der Waals surface area (Å²) in [5.74, 6) is 0. The number of piperidine rings is 1. The lowest BCUT2D eigenvalue weighted by Crippen LogP contribution is -2.56. The first-order chi connectivity index (χ1) is 10.1. The maximum atomic E-state index is 13.0. The minimum atomic E-state index is -3.29.